The lowest BCUT2D eigenvalue weighted by molar-refractivity contribution is 0.578. The van der Waals surface area contributed by atoms with E-state index in [4.69, 9.17) is 5.14 Å². The molecule has 0 saturated heterocycles. The first-order chi connectivity index (χ1) is 11.8. The second-order valence-corrected chi connectivity index (χ2v) is 8.40. The summed E-state index contributed by atoms with van der Waals surface area (Å²) in [6.45, 7) is 4.46. The molecule has 134 valence electrons. The van der Waals surface area contributed by atoms with Gasteiger partial charge in [0.1, 0.15) is 6.07 Å². The summed E-state index contributed by atoms with van der Waals surface area (Å²) in [6.07, 6.45) is 4.18. The fourth-order valence-corrected chi connectivity index (χ4v) is 4.01. The minimum atomic E-state index is -3.60. The second-order valence-electron chi connectivity index (χ2n) is 5.91. The minimum Gasteiger partial charge on any atom is -0.255 e. The van der Waals surface area contributed by atoms with Crippen molar-refractivity contribution in [3.63, 3.8) is 0 Å². The molecule has 0 unspecified atom stereocenters. The number of aryl methyl sites for hydroxylation is 2. The largest absolute Gasteiger partial charge is 0.274 e. The molecule has 2 aromatic rings. The van der Waals surface area contributed by atoms with Gasteiger partial charge in [-0.1, -0.05) is 6.42 Å². The Hall–Kier alpha value is -1.66. The number of hydrogen-bond acceptors (Lipinski definition) is 5. The highest BCUT2D eigenvalue weighted by Gasteiger charge is 2.11. The quantitative estimate of drug-likeness (QED) is 0.542. The van der Waals surface area contributed by atoms with Crippen molar-refractivity contribution < 1.29 is 8.42 Å². The maximum atomic E-state index is 10.8. The average Bonchev–Trinajstić information content (AvgIpc) is 2.54. The highest BCUT2D eigenvalue weighted by Crippen LogP contribution is 2.32. The molecule has 1 aromatic heterocycles. The van der Waals surface area contributed by atoms with E-state index in [9.17, 15) is 13.7 Å². The number of nitriles is 1. The van der Waals surface area contributed by atoms with Crippen LogP contribution in [0.25, 0.3) is 10.9 Å². The Morgan fingerprint density at radius 2 is 1.96 bits per heavy atom. The lowest BCUT2D eigenvalue weighted by atomic mass is 10.1. The number of fused-ring (bicyclic) bond motifs is 1. The average molecular weight is 379 g/mol. The van der Waals surface area contributed by atoms with Crippen LogP contribution in [0.1, 0.15) is 36.0 Å². The van der Waals surface area contributed by atoms with Crippen LogP contribution in [0, 0.1) is 25.2 Å². The first-order valence-electron chi connectivity index (χ1n) is 8.02. The summed E-state index contributed by atoms with van der Waals surface area (Å²) in [5.41, 5.74) is 3.86. The van der Waals surface area contributed by atoms with Gasteiger partial charge >= 0.3 is 0 Å². The van der Waals surface area contributed by atoms with Crippen LogP contribution < -0.4 is 9.86 Å². The van der Waals surface area contributed by atoms with Crippen LogP contribution in [0.5, 0.6) is 0 Å². The van der Waals surface area contributed by atoms with Crippen LogP contribution in [-0.2, 0) is 10.2 Å². The van der Waals surface area contributed by atoms with Crippen LogP contribution in [0.2, 0.25) is 0 Å². The van der Waals surface area contributed by atoms with Crippen LogP contribution >= 0.6 is 11.8 Å². The van der Waals surface area contributed by atoms with E-state index in [2.05, 4.69) is 41.8 Å². The third kappa shape index (κ3) is 5.68. The van der Waals surface area contributed by atoms with Crippen molar-refractivity contribution in [3.05, 3.63) is 35.0 Å². The summed E-state index contributed by atoms with van der Waals surface area (Å²) < 4.78 is 23.8. The third-order valence-electron chi connectivity index (χ3n) is 3.93. The summed E-state index contributed by atoms with van der Waals surface area (Å²) in [5, 5.41) is 15.3. The number of pyridine rings is 1. The van der Waals surface area contributed by atoms with Crippen LogP contribution in [0.3, 0.4) is 0 Å². The molecule has 0 radical (unpaired) electrons. The molecule has 2 rings (SSSR count). The van der Waals surface area contributed by atoms with Crippen molar-refractivity contribution in [2.24, 2.45) is 5.14 Å². The summed E-state index contributed by atoms with van der Waals surface area (Å²) in [6, 6.07) is 6.37. The molecule has 0 atom stereocenters. The van der Waals surface area contributed by atoms with Gasteiger partial charge in [-0.15, -0.1) is 11.8 Å². The molecule has 0 saturated carbocycles. The number of nitrogens with one attached hydrogen (secondary N) is 1. The number of nitrogens with zero attached hydrogens (tertiary/aromatic N) is 2. The van der Waals surface area contributed by atoms with E-state index in [0.717, 1.165) is 40.8 Å². The summed E-state index contributed by atoms with van der Waals surface area (Å²) in [4.78, 5) is 5.36. The molecule has 8 heteroatoms. The molecule has 0 spiro atoms. The maximum Gasteiger partial charge on any atom is 0.274 e. The van der Waals surface area contributed by atoms with Crippen molar-refractivity contribution in [1.82, 2.24) is 9.71 Å². The van der Waals surface area contributed by atoms with E-state index >= 15 is 0 Å². The molecule has 0 aliphatic heterocycles. The van der Waals surface area contributed by atoms with Gasteiger partial charge in [0.05, 0.1) is 11.1 Å². The maximum absolute atomic E-state index is 10.8. The Morgan fingerprint density at radius 1 is 1.24 bits per heavy atom. The van der Waals surface area contributed by atoms with Crippen LogP contribution in [0.4, 0.5) is 0 Å². The summed E-state index contributed by atoms with van der Waals surface area (Å²) >= 11 is 1.65. The summed E-state index contributed by atoms with van der Waals surface area (Å²) in [5.74, 6) is 0.857. The number of benzene rings is 1. The highest BCUT2D eigenvalue weighted by molar-refractivity contribution is 7.99. The van der Waals surface area contributed by atoms with Crippen molar-refractivity contribution >= 4 is 32.9 Å². The van der Waals surface area contributed by atoms with Crippen molar-refractivity contribution in [3.8, 4) is 6.07 Å². The molecular formula is C17H22N4O2S2. The van der Waals surface area contributed by atoms with Gasteiger partial charge in [-0.2, -0.15) is 13.7 Å². The first-order valence-corrected chi connectivity index (χ1v) is 10.6. The first kappa shape index (κ1) is 19.7. The van der Waals surface area contributed by atoms with Gasteiger partial charge in [0.15, 0.2) is 0 Å². The van der Waals surface area contributed by atoms with Gasteiger partial charge in [-0.05, 0) is 55.7 Å². The van der Waals surface area contributed by atoms with Gasteiger partial charge in [-0.25, -0.2) is 9.86 Å². The molecule has 0 fully saturated rings. The van der Waals surface area contributed by atoms with Crippen LogP contribution in [-0.4, -0.2) is 25.7 Å². The lowest BCUT2D eigenvalue weighted by Crippen LogP contribution is -2.31. The molecule has 1 aromatic carbocycles. The molecule has 6 nitrogen and oxygen atoms in total. The Morgan fingerprint density at radius 3 is 2.64 bits per heavy atom. The third-order valence-corrected chi connectivity index (χ3v) is 5.75. The normalized spacial score (nSPS) is 11.6. The van der Waals surface area contributed by atoms with E-state index in [-0.39, 0.29) is 0 Å². The van der Waals surface area contributed by atoms with E-state index in [1.165, 1.54) is 11.1 Å². The lowest BCUT2D eigenvalue weighted by Gasteiger charge is -2.10. The number of nitrogens with two attached hydrogens (primary N) is 1. The molecular weight excluding hydrogens is 356 g/mol. The zero-order valence-electron chi connectivity index (χ0n) is 14.4. The number of hydrogen-bond donors (Lipinski definition) is 2. The molecule has 3 N–H and O–H groups in total. The van der Waals surface area contributed by atoms with Crippen molar-refractivity contribution in [2.75, 3.05) is 12.3 Å². The fraction of sp³-hybridized carbons (Fsp3) is 0.412. The van der Waals surface area contributed by atoms with E-state index in [0.29, 0.717) is 12.1 Å². The highest BCUT2D eigenvalue weighted by atomic mass is 32.2. The predicted octanol–water partition coefficient (Wildman–Crippen LogP) is 2.78. The molecule has 25 heavy (non-hydrogen) atoms. The number of rotatable bonds is 8. The molecule has 1 heterocycles. The zero-order chi connectivity index (χ0) is 18.4. The monoisotopic (exact) mass is 378 g/mol. The Balaban J connectivity index is 2.00. The van der Waals surface area contributed by atoms with Crippen LogP contribution in [0.15, 0.2) is 23.2 Å². The smallest absolute Gasteiger partial charge is 0.255 e. The Kier molecular flexibility index (Phi) is 6.79. The van der Waals surface area contributed by atoms with E-state index < -0.39 is 10.2 Å². The van der Waals surface area contributed by atoms with Gasteiger partial charge in [0, 0.05) is 23.0 Å². The van der Waals surface area contributed by atoms with Gasteiger partial charge in [0.2, 0.25) is 0 Å². The molecule has 0 aliphatic rings. The molecule has 0 amide bonds. The Bertz CT molecular complexity index is 905. The van der Waals surface area contributed by atoms with Gasteiger partial charge in [0.25, 0.3) is 10.2 Å². The van der Waals surface area contributed by atoms with Gasteiger partial charge < -0.3 is 0 Å². The number of aromatic nitrogens is 1. The second kappa shape index (κ2) is 8.63. The number of thioether (sulfide) groups is 1. The molecule has 0 bridgehead atoms. The van der Waals surface area contributed by atoms with Crippen molar-refractivity contribution in [2.45, 2.75) is 38.0 Å². The number of unbranched alkanes of at least 4 members (excludes halogenated alkanes) is 2. The Labute approximate surface area is 153 Å². The topological polar surface area (TPSA) is 109 Å². The minimum absolute atomic E-state index is 0.351. The standard InChI is InChI=1S/C17H22N4O2S2/c1-12-8-15-16(9-13(12)2)20-11-14(10-18)17(15)24-7-5-3-4-6-21-25(19,22)23/h8-9,11,21H,3-7H2,1-2H3,(H2,19,22,23). The predicted molar refractivity (Wildman–Crippen MR) is 102 cm³/mol. The molecule has 0 aliphatic carbocycles. The van der Waals surface area contributed by atoms with Crippen molar-refractivity contribution in [1.29, 1.82) is 5.26 Å². The van der Waals surface area contributed by atoms with E-state index in [1.54, 1.807) is 18.0 Å². The summed E-state index contributed by atoms with van der Waals surface area (Å²) in [7, 11) is -3.60. The van der Waals surface area contributed by atoms with E-state index in [1.807, 2.05) is 0 Å². The fourth-order valence-electron chi connectivity index (χ4n) is 2.46. The zero-order valence-corrected chi connectivity index (χ0v) is 16.0. The van der Waals surface area contributed by atoms with Gasteiger partial charge in [-0.3, -0.25) is 4.98 Å². The SMILES string of the molecule is Cc1cc2ncc(C#N)c(SCCCCCNS(N)(=O)=O)c2cc1C.